The van der Waals surface area contributed by atoms with E-state index in [1.807, 2.05) is 37.1 Å². The number of hydrogen-bond acceptors (Lipinski definition) is 5. The van der Waals surface area contributed by atoms with Crippen LogP contribution in [-0.2, 0) is 11.3 Å². The normalized spacial score (nSPS) is 12.3. The standard InChI is InChI=1S/C19H28N4O2S.HI/c1-14-7-6-8-17(11-14)25-10-9-21-19(20-3)23(4)12-16-13-26-18(22-16)15(2)24-5;/h6-8,11,13,15H,9-10,12H2,1-5H3,(H,20,21);1H. The first-order valence-electron chi connectivity index (χ1n) is 8.61. The van der Waals surface area contributed by atoms with Crippen molar-refractivity contribution in [2.45, 2.75) is 26.5 Å². The fourth-order valence-electron chi connectivity index (χ4n) is 2.42. The van der Waals surface area contributed by atoms with Gasteiger partial charge in [0, 0.05) is 26.6 Å². The Labute approximate surface area is 183 Å². The molecule has 8 heteroatoms. The fourth-order valence-corrected chi connectivity index (χ4v) is 3.26. The van der Waals surface area contributed by atoms with E-state index >= 15 is 0 Å². The van der Waals surface area contributed by atoms with Crippen molar-refractivity contribution in [3.63, 3.8) is 0 Å². The number of nitrogens with one attached hydrogen (secondary N) is 1. The smallest absolute Gasteiger partial charge is 0.193 e. The van der Waals surface area contributed by atoms with Gasteiger partial charge in [0.1, 0.15) is 23.5 Å². The Hall–Kier alpha value is -1.39. The van der Waals surface area contributed by atoms with Crippen LogP contribution in [0.3, 0.4) is 0 Å². The average molecular weight is 504 g/mol. The van der Waals surface area contributed by atoms with E-state index in [1.54, 1.807) is 25.5 Å². The summed E-state index contributed by atoms with van der Waals surface area (Å²) in [4.78, 5) is 11.0. The zero-order valence-electron chi connectivity index (χ0n) is 16.6. The van der Waals surface area contributed by atoms with Crippen molar-refractivity contribution in [1.82, 2.24) is 15.2 Å². The van der Waals surface area contributed by atoms with Crippen LogP contribution in [0.4, 0.5) is 0 Å². The highest BCUT2D eigenvalue weighted by molar-refractivity contribution is 14.0. The molecule has 0 saturated carbocycles. The molecule has 2 rings (SSSR count). The molecule has 27 heavy (non-hydrogen) atoms. The molecule has 0 amide bonds. The van der Waals surface area contributed by atoms with Crippen LogP contribution in [0.5, 0.6) is 5.75 Å². The van der Waals surface area contributed by atoms with Crippen LogP contribution in [-0.4, -0.2) is 50.2 Å². The number of aryl methyl sites for hydroxylation is 1. The second-order valence-corrected chi connectivity index (χ2v) is 6.94. The molecule has 1 unspecified atom stereocenters. The molecule has 1 N–H and O–H groups in total. The summed E-state index contributed by atoms with van der Waals surface area (Å²) in [6.45, 7) is 5.99. The molecule has 150 valence electrons. The van der Waals surface area contributed by atoms with Crippen molar-refractivity contribution in [3.8, 4) is 5.75 Å². The zero-order chi connectivity index (χ0) is 18.9. The number of guanidine groups is 1. The van der Waals surface area contributed by atoms with E-state index in [1.165, 1.54) is 5.56 Å². The number of methoxy groups -OCH3 is 1. The van der Waals surface area contributed by atoms with Gasteiger partial charge in [0.25, 0.3) is 0 Å². The SMILES string of the molecule is CN=C(NCCOc1cccc(C)c1)N(C)Cc1csc(C(C)OC)n1.I. The monoisotopic (exact) mass is 504 g/mol. The van der Waals surface area contributed by atoms with Crippen LogP contribution in [0.1, 0.15) is 29.3 Å². The van der Waals surface area contributed by atoms with Gasteiger partial charge in [0.15, 0.2) is 5.96 Å². The van der Waals surface area contributed by atoms with Crippen molar-refractivity contribution < 1.29 is 9.47 Å². The highest BCUT2D eigenvalue weighted by Crippen LogP contribution is 2.20. The van der Waals surface area contributed by atoms with Gasteiger partial charge in [-0.3, -0.25) is 4.99 Å². The van der Waals surface area contributed by atoms with E-state index in [0.29, 0.717) is 19.7 Å². The number of halogens is 1. The third-order valence-electron chi connectivity index (χ3n) is 3.89. The number of benzene rings is 1. The summed E-state index contributed by atoms with van der Waals surface area (Å²) in [6, 6.07) is 8.05. The van der Waals surface area contributed by atoms with Crippen molar-refractivity contribution in [3.05, 3.63) is 45.9 Å². The minimum atomic E-state index is 0. The van der Waals surface area contributed by atoms with Crippen LogP contribution in [0.25, 0.3) is 0 Å². The summed E-state index contributed by atoms with van der Waals surface area (Å²) in [6.07, 6.45) is 0.0234. The molecule has 1 aromatic carbocycles. The van der Waals surface area contributed by atoms with E-state index < -0.39 is 0 Å². The maximum absolute atomic E-state index is 5.76. The van der Waals surface area contributed by atoms with Gasteiger partial charge in [-0.15, -0.1) is 35.3 Å². The molecule has 0 radical (unpaired) electrons. The van der Waals surface area contributed by atoms with E-state index in [0.717, 1.165) is 22.4 Å². The lowest BCUT2D eigenvalue weighted by molar-refractivity contribution is 0.119. The molecule has 0 saturated heterocycles. The Bertz CT molecular complexity index is 723. The van der Waals surface area contributed by atoms with Gasteiger partial charge in [-0.2, -0.15) is 0 Å². The van der Waals surface area contributed by atoms with Crippen LogP contribution in [0.15, 0.2) is 34.6 Å². The van der Waals surface area contributed by atoms with Gasteiger partial charge in [-0.1, -0.05) is 12.1 Å². The Morgan fingerprint density at radius 1 is 1.41 bits per heavy atom. The molecule has 1 atom stereocenters. The molecule has 0 bridgehead atoms. The van der Waals surface area contributed by atoms with Crippen LogP contribution < -0.4 is 10.1 Å². The van der Waals surface area contributed by atoms with Gasteiger partial charge in [-0.05, 0) is 31.5 Å². The average Bonchev–Trinajstić information content (AvgIpc) is 3.09. The van der Waals surface area contributed by atoms with Crippen molar-refractivity contribution in [2.75, 3.05) is 34.4 Å². The summed E-state index contributed by atoms with van der Waals surface area (Å²) >= 11 is 1.62. The van der Waals surface area contributed by atoms with Crippen molar-refractivity contribution in [2.24, 2.45) is 4.99 Å². The molecule has 0 aliphatic carbocycles. The largest absolute Gasteiger partial charge is 0.492 e. The number of rotatable bonds is 8. The lowest BCUT2D eigenvalue weighted by Crippen LogP contribution is -2.40. The van der Waals surface area contributed by atoms with Crippen LogP contribution in [0.2, 0.25) is 0 Å². The van der Waals surface area contributed by atoms with Crippen molar-refractivity contribution >= 4 is 41.3 Å². The predicted octanol–water partition coefficient (Wildman–Crippen LogP) is 3.86. The predicted molar refractivity (Wildman–Crippen MR) is 122 cm³/mol. The minimum Gasteiger partial charge on any atom is -0.492 e. The molecular weight excluding hydrogens is 475 g/mol. The van der Waals surface area contributed by atoms with E-state index in [2.05, 4.69) is 33.7 Å². The summed E-state index contributed by atoms with van der Waals surface area (Å²) in [5.41, 5.74) is 2.20. The quantitative estimate of drug-likeness (QED) is 0.256. The molecule has 0 aliphatic rings. The van der Waals surface area contributed by atoms with E-state index in [-0.39, 0.29) is 30.1 Å². The lowest BCUT2D eigenvalue weighted by atomic mass is 10.2. The fraction of sp³-hybridized carbons (Fsp3) is 0.474. The maximum atomic E-state index is 5.76. The molecule has 1 aromatic heterocycles. The third kappa shape index (κ3) is 7.63. The van der Waals surface area contributed by atoms with Gasteiger partial charge >= 0.3 is 0 Å². The number of aromatic nitrogens is 1. The van der Waals surface area contributed by atoms with Gasteiger partial charge in [0.05, 0.1) is 18.8 Å². The van der Waals surface area contributed by atoms with Gasteiger partial charge in [0.2, 0.25) is 0 Å². The second-order valence-electron chi connectivity index (χ2n) is 6.05. The molecule has 2 aromatic rings. The van der Waals surface area contributed by atoms with E-state index in [9.17, 15) is 0 Å². The lowest BCUT2D eigenvalue weighted by Gasteiger charge is -2.21. The molecule has 0 spiro atoms. The Kier molecular flexibility index (Phi) is 10.6. The molecule has 0 fully saturated rings. The number of nitrogens with zero attached hydrogens (tertiary/aromatic N) is 3. The van der Waals surface area contributed by atoms with Gasteiger partial charge < -0.3 is 19.7 Å². The Morgan fingerprint density at radius 2 is 2.19 bits per heavy atom. The molecule has 0 aliphatic heterocycles. The Morgan fingerprint density at radius 3 is 2.85 bits per heavy atom. The highest BCUT2D eigenvalue weighted by atomic mass is 127. The highest BCUT2D eigenvalue weighted by Gasteiger charge is 2.12. The Balaban J connectivity index is 0.00000364. The first-order valence-corrected chi connectivity index (χ1v) is 9.49. The maximum Gasteiger partial charge on any atom is 0.193 e. The summed E-state index contributed by atoms with van der Waals surface area (Å²) in [5.74, 6) is 1.70. The number of aliphatic imine (C=N–C) groups is 1. The summed E-state index contributed by atoms with van der Waals surface area (Å²) in [7, 11) is 5.47. The zero-order valence-corrected chi connectivity index (χ0v) is 19.7. The van der Waals surface area contributed by atoms with E-state index in [4.69, 9.17) is 9.47 Å². The molecule has 6 nitrogen and oxygen atoms in total. The first-order chi connectivity index (χ1) is 12.5. The minimum absolute atomic E-state index is 0. The summed E-state index contributed by atoms with van der Waals surface area (Å²) < 4.78 is 11.1. The van der Waals surface area contributed by atoms with Gasteiger partial charge in [-0.25, -0.2) is 4.98 Å². The first kappa shape index (κ1) is 23.6. The summed E-state index contributed by atoms with van der Waals surface area (Å²) in [5, 5.41) is 6.37. The number of thiazole rings is 1. The second kappa shape index (κ2) is 12.1. The van der Waals surface area contributed by atoms with Crippen LogP contribution in [0, 0.1) is 6.92 Å². The van der Waals surface area contributed by atoms with Crippen LogP contribution >= 0.6 is 35.3 Å². The number of hydrogen-bond donors (Lipinski definition) is 1. The van der Waals surface area contributed by atoms with Crippen molar-refractivity contribution in [1.29, 1.82) is 0 Å². The third-order valence-corrected chi connectivity index (χ3v) is 4.94. The molecular formula is C19H29IN4O2S. The topological polar surface area (TPSA) is 59.0 Å². The molecule has 1 heterocycles. The number of ether oxygens (including phenoxy) is 2.